The van der Waals surface area contributed by atoms with Crippen LogP contribution in [0.2, 0.25) is 0 Å². The van der Waals surface area contributed by atoms with E-state index in [1.807, 2.05) is 0 Å². The van der Waals surface area contributed by atoms with Crippen molar-refractivity contribution in [1.82, 2.24) is 10.2 Å². The minimum absolute atomic E-state index is 0.129. The lowest BCUT2D eigenvalue weighted by atomic mass is 9.84. The SMILES string of the molecule is O=C(N1C[C@@H](O)[C@@H](O)C1)C1(C(F)(F)F)CCNC1. The van der Waals surface area contributed by atoms with Crippen molar-refractivity contribution in [1.29, 1.82) is 0 Å². The zero-order chi connectivity index (χ0) is 13.6. The summed E-state index contributed by atoms with van der Waals surface area (Å²) in [6.45, 7) is -0.822. The third kappa shape index (κ3) is 1.98. The molecule has 1 amide bonds. The van der Waals surface area contributed by atoms with Crippen molar-refractivity contribution < 1.29 is 28.2 Å². The van der Waals surface area contributed by atoms with E-state index in [2.05, 4.69) is 5.32 Å². The summed E-state index contributed by atoms with van der Waals surface area (Å²) in [5.41, 5.74) is -2.42. The number of likely N-dealkylation sites (tertiary alicyclic amines) is 1. The van der Waals surface area contributed by atoms with E-state index in [1.165, 1.54) is 0 Å². The molecule has 0 radical (unpaired) electrons. The minimum Gasteiger partial charge on any atom is -0.388 e. The molecule has 3 N–H and O–H groups in total. The molecule has 104 valence electrons. The topological polar surface area (TPSA) is 72.8 Å². The molecule has 2 aliphatic rings. The van der Waals surface area contributed by atoms with Crippen LogP contribution in [0.5, 0.6) is 0 Å². The van der Waals surface area contributed by atoms with Crippen molar-refractivity contribution in [3.05, 3.63) is 0 Å². The van der Waals surface area contributed by atoms with Crippen LogP contribution in [-0.4, -0.2) is 65.6 Å². The maximum Gasteiger partial charge on any atom is 0.404 e. The van der Waals surface area contributed by atoms with Crippen LogP contribution < -0.4 is 5.32 Å². The molecule has 2 rings (SSSR count). The van der Waals surface area contributed by atoms with E-state index >= 15 is 0 Å². The summed E-state index contributed by atoms with van der Waals surface area (Å²) in [5, 5.41) is 21.2. The second kappa shape index (κ2) is 4.36. The van der Waals surface area contributed by atoms with E-state index < -0.39 is 36.3 Å². The molecule has 5 nitrogen and oxygen atoms in total. The van der Waals surface area contributed by atoms with Gasteiger partial charge in [0, 0.05) is 19.6 Å². The highest BCUT2D eigenvalue weighted by atomic mass is 19.4. The Morgan fingerprint density at radius 1 is 1.28 bits per heavy atom. The summed E-state index contributed by atoms with van der Waals surface area (Å²) < 4.78 is 39.3. The molecule has 1 unspecified atom stereocenters. The van der Waals surface area contributed by atoms with Gasteiger partial charge < -0.3 is 20.4 Å². The number of rotatable bonds is 1. The van der Waals surface area contributed by atoms with Crippen molar-refractivity contribution >= 4 is 5.91 Å². The first-order valence-corrected chi connectivity index (χ1v) is 5.71. The van der Waals surface area contributed by atoms with Crippen LogP contribution in [0.15, 0.2) is 0 Å². The van der Waals surface area contributed by atoms with Crippen molar-refractivity contribution in [2.24, 2.45) is 5.41 Å². The number of hydrogen-bond donors (Lipinski definition) is 3. The smallest absolute Gasteiger partial charge is 0.388 e. The molecule has 0 aromatic carbocycles. The maximum absolute atomic E-state index is 13.1. The van der Waals surface area contributed by atoms with E-state index in [-0.39, 0.29) is 26.1 Å². The third-order valence-corrected chi connectivity index (χ3v) is 3.65. The lowest BCUT2D eigenvalue weighted by molar-refractivity contribution is -0.221. The Kier molecular flexibility index (Phi) is 3.28. The van der Waals surface area contributed by atoms with Gasteiger partial charge in [-0.15, -0.1) is 0 Å². The van der Waals surface area contributed by atoms with Crippen molar-refractivity contribution in [2.75, 3.05) is 26.2 Å². The largest absolute Gasteiger partial charge is 0.404 e. The summed E-state index contributed by atoms with van der Waals surface area (Å²) in [6, 6.07) is 0. The van der Waals surface area contributed by atoms with Gasteiger partial charge in [-0.1, -0.05) is 0 Å². The zero-order valence-corrected chi connectivity index (χ0v) is 9.57. The van der Waals surface area contributed by atoms with Crippen LogP contribution in [-0.2, 0) is 4.79 Å². The number of hydrogen-bond acceptors (Lipinski definition) is 4. The Morgan fingerprint density at radius 3 is 2.22 bits per heavy atom. The minimum atomic E-state index is -4.63. The second-order valence-electron chi connectivity index (χ2n) is 4.85. The summed E-state index contributed by atoms with van der Waals surface area (Å²) in [7, 11) is 0. The number of carbonyl (C=O) groups is 1. The average molecular weight is 268 g/mol. The number of halogens is 3. The number of nitrogens with zero attached hydrogens (tertiary/aromatic N) is 1. The maximum atomic E-state index is 13.1. The monoisotopic (exact) mass is 268 g/mol. The average Bonchev–Trinajstić information content (AvgIpc) is 2.85. The molecule has 0 spiro atoms. The number of aliphatic hydroxyl groups is 2. The van der Waals surface area contributed by atoms with Crippen LogP contribution in [0.3, 0.4) is 0 Å². The third-order valence-electron chi connectivity index (χ3n) is 3.65. The molecule has 2 aliphatic heterocycles. The van der Waals surface area contributed by atoms with E-state index in [0.29, 0.717) is 0 Å². The molecule has 2 saturated heterocycles. The molecular weight excluding hydrogens is 253 g/mol. The van der Waals surface area contributed by atoms with Gasteiger partial charge in [0.25, 0.3) is 0 Å². The first-order valence-electron chi connectivity index (χ1n) is 5.71. The summed E-state index contributed by atoms with van der Waals surface area (Å²) in [5.74, 6) is -1.06. The van der Waals surface area contributed by atoms with Gasteiger partial charge in [0.15, 0.2) is 5.41 Å². The Labute approximate surface area is 102 Å². The van der Waals surface area contributed by atoms with E-state index in [9.17, 15) is 28.2 Å². The van der Waals surface area contributed by atoms with Gasteiger partial charge in [-0.3, -0.25) is 4.79 Å². The number of carbonyl (C=O) groups excluding carboxylic acids is 1. The quantitative estimate of drug-likeness (QED) is 0.576. The van der Waals surface area contributed by atoms with Crippen LogP contribution in [0.4, 0.5) is 13.2 Å². The van der Waals surface area contributed by atoms with Gasteiger partial charge in [-0.25, -0.2) is 0 Å². The van der Waals surface area contributed by atoms with Gasteiger partial charge >= 0.3 is 6.18 Å². The highest BCUT2D eigenvalue weighted by molar-refractivity contribution is 5.84. The van der Waals surface area contributed by atoms with Crippen molar-refractivity contribution in [2.45, 2.75) is 24.8 Å². The predicted octanol–water partition coefficient (Wildman–Crippen LogP) is -0.908. The van der Waals surface area contributed by atoms with Gasteiger partial charge in [-0.05, 0) is 13.0 Å². The molecule has 18 heavy (non-hydrogen) atoms. The Hall–Kier alpha value is -0.860. The fourth-order valence-electron chi connectivity index (χ4n) is 2.48. The molecule has 0 aliphatic carbocycles. The molecule has 3 atom stereocenters. The lowest BCUT2D eigenvalue weighted by Crippen LogP contribution is -2.53. The van der Waals surface area contributed by atoms with E-state index in [0.717, 1.165) is 4.90 Å². The highest BCUT2D eigenvalue weighted by Gasteiger charge is 2.63. The molecule has 8 heteroatoms. The van der Waals surface area contributed by atoms with Crippen LogP contribution in [0.25, 0.3) is 0 Å². The van der Waals surface area contributed by atoms with Crippen molar-refractivity contribution in [3.63, 3.8) is 0 Å². The number of β-amino-alcohol motifs (C(OH)–C–C–N with tert-alkyl or cyclic N) is 2. The fourth-order valence-corrected chi connectivity index (χ4v) is 2.48. The Morgan fingerprint density at radius 2 is 1.83 bits per heavy atom. The van der Waals surface area contributed by atoms with Gasteiger partial charge in [-0.2, -0.15) is 13.2 Å². The van der Waals surface area contributed by atoms with Crippen LogP contribution in [0, 0.1) is 5.41 Å². The molecule has 2 heterocycles. The summed E-state index contributed by atoms with van der Waals surface area (Å²) in [6.07, 6.45) is -7.29. The Bertz CT molecular complexity index is 332. The number of alkyl halides is 3. The molecule has 0 bridgehead atoms. The Balaban J connectivity index is 2.20. The predicted molar refractivity (Wildman–Crippen MR) is 54.6 cm³/mol. The van der Waals surface area contributed by atoms with Crippen molar-refractivity contribution in [3.8, 4) is 0 Å². The van der Waals surface area contributed by atoms with E-state index in [4.69, 9.17) is 0 Å². The second-order valence-corrected chi connectivity index (χ2v) is 4.85. The highest BCUT2D eigenvalue weighted by Crippen LogP contribution is 2.44. The first-order chi connectivity index (χ1) is 8.28. The van der Waals surface area contributed by atoms with Gasteiger partial charge in [0.05, 0.1) is 12.2 Å². The lowest BCUT2D eigenvalue weighted by Gasteiger charge is -2.33. The fraction of sp³-hybridized carbons (Fsp3) is 0.900. The number of nitrogens with one attached hydrogen (secondary N) is 1. The standard InChI is InChI=1S/C10H15F3N2O3/c11-10(12,13)9(1-2-14-5-9)8(18)15-3-6(16)7(17)4-15/h6-7,14,16-17H,1-5H2/t6-,7+,9?. The molecular formula is C10H15F3N2O3. The molecule has 0 aromatic heterocycles. The zero-order valence-electron chi connectivity index (χ0n) is 9.57. The molecule has 2 fully saturated rings. The summed E-state index contributed by atoms with van der Waals surface area (Å²) in [4.78, 5) is 12.9. The van der Waals surface area contributed by atoms with Crippen LogP contribution >= 0.6 is 0 Å². The summed E-state index contributed by atoms with van der Waals surface area (Å²) >= 11 is 0. The number of amides is 1. The first kappa shape index (κ1) is 13.6. The number of aliphatic hydroxyl groups excluding tert-OH is 2. The van der Waals surface area contributed by atoms with E-state index in [1.54, 1.807) is 0 Å². The van der Waals surface area contributed by atoms with Gasteiger partial charge in [0.1, 0.15) is 0 Å². The van der Waals surface area contributed by atoms with Crippen LogP contribution in [0.1, 0.15) is 6.42 Å². The van der Waals surface area contributed by atoms with Gasteiger partial charge in [0.2, 0.25) is 5.91 Å². The molecule has 0 saturated carbocycles. The normalized spacial score (nSPS) is 37.3. The molecule has 0 aromatic rings.